The van der Waals surface area contributed by atoms with Crippen molar-refractivity contribution in [1.29, 1.82) is 0 Å². The van der Waals surface area contributed by atoms with Gasteiger partial charge in [0.1, 0.15) is 0 Å². The Morgan fingerprint density at radius 2 is 2.12 bits per heavy atom. The highest BCUT2D eigenvalue weighted by molar-refractivity contribution is 7.13. The first-order valence-corrected chi connectivity index (χ1v) is 6.32. The summed E-state index contributed by atoms with van der Waals surface area (Å²) in [5, 5.41) is 2.09. The minimum absolute atomic E-state index is 0.233. The van der Waals surface area contributed by atoms with Gasteiger partial charge in [-0.2, -0.15) is 0 Å². The Morgan fingerprint density at radius 3 is 2.69 bits per heavy atom. The fraction of sp³-hybridized carbons (Fsp3) is 0.462. The minimum atomic E-state index is 0.233. The number of thiophene rings is 1. The zero-order valence-electron chi connectivity index (χ0n) is 10.2. The van der Waals surface area contributed by atoms with E-state index >= 15 is 0 Å². The molecule has 0 spiro atoms. The van der Waals surface area contributed by atoms with Crippen molar-refractivity contribution >= 4 is 11.3 Å². The summed E-state index contributed by atoms with van der Waals surface area (Å²) in [6.07, 6.45) is 2.49. The zero-order valence-corrected chi connectivity index (χ0v) is 11.0. The largest absolute Gasteiger partial charge is 0.442 e. The van der Waals surface area contributed by atoms with Gasteiger partial charge in [0, 0.05) is 0 Å². The van der Waals surface area contributed by atoms with E-state index in [1.54, 1.807) is 17.7 Å². The summed E-state index contributed by atoms with van der Waals surface area (Å²) in [5.74, 6) is 0.947. The normalized spacial score (nSPS) is 12.0. The van der Waals surface area contributed by atoms with Crippen LogP contribution in [0.15, 0.2) is 22.3 Å². The Hall–Kier alpha value is -1.09. The molecule has 0 aromatic carbocycles. The van der Waals surface area contributed by atoms with Crippen molar-refractivity contribution < 1.29 is 4.42 Å². The summed E-state index contributed by atoms with van der Waals surface area (Å²) in [4.78, 5) is 5.54. The third-order valence-electron chi connectivity index (χ3n) is 2.41. The summed E-state index contributed by atoms with van der Waals surface area (Å²) >= 11 is 1.71. The first kappa shape index (κ1) is 11.4. The van der Waals surface area contributed by atoms with Crippen molar-refractivity contribution in [2.75, 3.05) is 0 Å². The highest BCUT2D eigenvalue weighted by Crippen LogP contribution is 2.33. The van der Waals surface area contributed by atoms with Crippen molar-refractivity contribution in [3.63, 3.8) is 0 Å². The van der Waals surface area contributed by atoms with Crippen LogP contribution in [0.2, 0.25) is 0 Å². The predicted molar refractivity (Wildman–Crippen MR) is 67.7 cm³/mol. The number of rotatable bonds is 2. The van der Waals surface area contributed by atoms with Crippen LogP contribution in [0.25, 0.3) is 10.6 Å². The van der Waals surface area contributed by atoms with Gasteiger partial charge in [-0.15, -0.1) is 11.3 Å². The molecule has 2 aromatic heterocycles. The summed E-state index contributed by atoms with van der Waals surface area (Å²) in [6, 6.07) is 2.11. The lowest BCUT2D eigenvalue weighted by Crippen LogP contribution is -2.10. The van der Waals surface area contributed by atoms with Crippen LogP contribution in [-0.2, 0) is 6.42 Å². The van der Waals surface area contributed by atoms with Gasteiger partial charge in [-0.1, -0.05) is 20.8 Å². The van der Waals surface area contributed by atoms with Crippen LogP contribution in [0.1, 0.15) is 32.0 Å². The number of aromatic nitrogens is 1. The minimum Gasteiger partial charge on any atom is -0.442 e. The summed E-state index contributed by atoms with van der Waals surface area (Å²) in [7, 11) is 0. The van der Waals surface area contributed by atoms with Crippen LogP contribution >= 0.6 is 11.3 Å². The smallest absolute Gasteiger partial charge is 0.181 e. The third-order valence-corrected chi connectivity index (χ3v) is 3.42. The predicted octanol–water partition coefficient (Wildman–Crippen LogP) is 4.30. The molecule has 0 saturated heterocycles. The van der Waals surface area contributed by atoms with Gasteiger partial charge < -0.3 is 4.42 Å². The van der Waals surface area contributed by atoms with E-state index in [9.17, 15) is 0 Å². The quantitative estimate of drug-likeness (QED) is 0.775. The molecule has 0 N–H and O–H groups in total. The molecule has 0 fully saturated rings. The topological polar surface area (TPSA) is 26.0 Å². The average molecular weight is 235 g/mol. The molecular formula is C13H17NOS. The Balaban J connectivity index is 2.37. The SMILES string of the molecule is Cc1ccsc1-c1ocnc1CC(C)(C)C. The monoisotopic (exact) mass is 235 g/mol. The molecule has 0 aliphatic rings. The Kier molecular flexibility index (Phi) is 2.89. The lowest BCUT2D eigenvalue weighted by molar-refractivity contribution is 0.406. The average Bonchev–Trinajstić information content (AvgIpc) is 2.71. The van der Waals surface area contributed by atoms with Gasteiger partial charge in [0.25, 0.3) is 0 Å². The zero-order chi connectivity index (χ0) is 11.8. The molecule has 0 bridgehead atoms. The summed E-state index contributed by atoms with van der Waals surface area (Å²) < 4.78 is 5.54. The van der Waals surface area contributed by atoms with Crippen LogP contribution in [0, 0.1) is 12.3 Å². The lowest BCUT2D eigenvalue weighted by Gasteiger charge is -2.16. The van der Waals surface area contributed by atoms with Gasteiger partial charge in [-0.05, 0) is 35.8 Å². The van der Waals surface area contributed by atoms with E-state index in [4.69, 9.17) is 4.42 Å². The summed E-state index contributed by atoms with van der Waals surface area (Å²) in [5.41, 5.74) is 2.56. The van der Waals surface area contributed by atoms with Crippen LogP contribution in [0.3, 0.4) is 0 Å². The molecule has 2 heterocycles. The highest BCUT2D eigenvalue weighted by atomic mass is 32.1. The molecule has 3 heteroatoms. The molecule has 86 valence electrons. The molecule has 0 saturated carbocycles. The number of aryl methyl sites for hydroxylation is 1. The molecule has 16 heavy (non-hydrogen) atoms. The second-order valence-electron chi connectivity index (χ2n) is 5.30. The fourth-order valence-electron chi connectivity index (χ4n) is 1.69. The van der Waals surface area contributed by atoms with E-state index in [1.807, 2.05) is 0 Å². The van der Waals surface area contributed by atoms with E-state index in [0.717, 1.165) is 17.9 Å². The Morgan fingerprint density at radius 1 is 1.38 bits per heavy atom. The fourth-order valence-corrected chi connectivity index (χ4v) is 2.62. The Bertz CT molecular complexity index is 476. The maximum atomic E-state index is 5.54. The van der Waals surface area contributed by atoms with E-state index in [0.29, 0.717) is 0 Å². The lowest BCUT2D eigenvalue weighted by atomic mass is 9.90. The van der Waals surface area contributed by atoms with Crippen molar-refractivity contribution in [1.82, 2.24) is 4.98 Å². The maximum absolute atomic E-state index is 5.54. The highest BCUT2D eigenvalue weighted by Gasteiger charge is 2.19. The standard InChI is InChI=1S/C13H17NOS/c1-9-5-6-16-12(9)11-10(14-8-15-11)7-13(2,3)4/h5-6,8H,7H2,1-4H3. The van der Waals surface area contributed by atoms with Crippen LogP contribution in [-0.4, -0.2) is 4.98 Å². The van der Waals surface area contributed by atoms with Crippen molar-refractivity contribution in [2.24, 2.45) is 5.41 Å². The van der Waals surface area contributed by atoms with Gasteiger partial charge in [-0.25, -0.2) is 4.98 Å². The van der Waals surface area contributed by atoms with Crippen LogP contribution in [0.4, 0.5) is 0 Å². The molecule has 0 aliphatic carbocycles. The number of hydrogen-bond donors (Lipinski definition) is 0. The molecule has 0 atom stereocenters. The number of nitrogens with zero attached hydrogens (tertiary/aromatic N) is 1. The molecule has 2 aromatic rings. The summed E-state index contributed by atoms with van der Waals surface area (Å²) in [6.45, 7) is 8.75. The second kappa shape index (κ2) is 4.06. The Labute approximate surface area is 100 Å². The van der Waals surface area contributed by atoms with Crippen LogP contribution < -0.4 is 0 Å². The molecule has 0 amide bonds. The van der Waals surface area contributed by atoms with E-state index in [1.165, 1.54) is 10.4 Å². The molecular weight excluding hydrogens is 218 g/mol. The van der Waals surface area contributed by atoms with Crippen LogP contribution in [0.5, 0.6) is 0 Å². The molecule has 2 nitrogen and oxygen atoms in total. The van der Waals surface area contributed by atoms with Gasteiger partial charge in [0.2, 0.25) is 0 Å². The first-order valence-electron chi connectivity index (χ1n) is 5.44. The number of oxazole rings is 1. The molecule has 2 rings (SSSR count). The van der Waals surface area contributed by atoms with E-state index < -0.39 is 0 Å². The first-order chi connectivity index (χ1) is 7.47. The third kappa shape index (κ3) is 2.35. The molecule has 0 aliphatic heterocycles. The molecule has 0 radical (unpaired) electrons. The van der Waals surface area contributed by atoms with E-state index in [-0.39, 0.29) is 5.41 Å². The second-order valence-corrected chi connectivity index (χ2v) is 6.21. The van der Waals surface area contributed by atoms with Gasteiger partial charge >= 0.3 is 0 Å². The van der Waals surface area contributed by atoms with Gasteiger partial charge in [0.15, 0.2) is 12.2 Å². The van der Waals surface area contributed by atoms with Crippen molar-refractivity contribution in [3.05, 3.63) is 29.1 Å². The molecule has 0 unspecified atom stereocenters. The van der Waals surface area contributed by atoms with E-state index in [2.05, 4.69) is 44.1 Å². The van der Waals surface area contributed by atoms with Crippen molar-refractivity contribution in [2.45, 2.75) is 34.1 Å². The maximum Gasteiger partial charge on any atom is 0.181 e. The van der Waals surface area contributed by atoms with Gasteiger partial charge in [-0.3, -0.25) is 0 Å². The number of hydrogen-bond acceptors (Lipinski definition) is 3. The van der Waals surface area contributed by atoms with Gasteiger partial charge in [0.05, 0.1) is 10.6 Å². The van der Waals surface area contributed by atoms with Crippen molar-refractivity contribution in [3.8, 4) is 10.6 Å².